The number of hydrogen-bond acceptors (Lipinski definition) is 5. The van der Waals surface area contributed by atoms with Crippen LogP contribution in [0.4, 0.5) is 11.4 Å². The number of carbonyl (C=O) groups is 2. The molecule has 0 aliphatic rings. The van der Waals surface area contributed by atoms with Gasteiger partial charge in [0.1, 0.15) is 0 Å². The molecule has 5 nitrogen and oxygen atoms in total. The van der Waals surface area contributed by atoms with Crippen molar-refractivity contribution in [2.24, 2.45) is 0 Å². The Bertz CT molecular complexity index is 665. The minimum Gasteiger partial charge on any atom is -0.466 e. The number of carbonyl (C=O) groups excluding carboxylic acids is 2. The van der Waals surface area contributed by atoms with Gasteiger partial charge in [0.2, 0.25) is 0 Å². The average molecular weight is 299 g/mol. The highest BCUT2D eigenvalue weighted by atomic mass is 16.6. The van der Waals surface area contributed by atoms with Crippen molar-refractivity contribution < 1.29 is 19.1 Å². The molecule has 1 N–H and O–H groups in total. The first-order valence-corrected chi connectivity index (χ1v) is 6.77. The lowest BCUT2D eigenvalue weighted by Gasteiger charge is -2.11. The van der Waals surface area contributed by atoms with Crippen LogP contribution in [0, 0.1) is 6.92 Å². The molecule has 0 aliphatic heterocycles. The summed E-state index contributed by atoms with van der Waals surface area (Å²) in [4.78, 5) is 23.1. The van der Waals surface area contributed by atoms with Gasteiger partial charge in [0.15, 0.2) is 6.61 Å². The quantitative estimate of drug-likeness (QED) is 0.860. The summed E-state index contributed by atoms with van der Waals surface area (Å²) >= 11 is 0. The largest absolute Gasteiger partial charge is 0.466 e. The Kier molecular flexibility index (Phi) is 5.14. The van der Waals surface area contributed by atoms with E-state index in [9.17, 15) is 9.59 Å². The second-order valence-corrected chi connectivity index (χ2v) is 4.69. The number of esters is 2. The zero-order valence-corrected chi connectivity index (χ0v) is 12.5. The summed E-state index contributed by atoms with van der Waals surface area (Å²) in [6.45, 7) is 1.59. The van der Waals surface area contributed by atoms with Gasteiger partial charge in [-0.2, -0.15) is 0 Å². The van der Waals surface area contributed by atoms with Crippen LogP contribution in [0.1, 0.15) is 15.9 Å². The van der Waals surface area contributed by atoms with Crippen molar-refractivity contribution in [1.29, 1.82) is 0 Å². The standard InChI is InChI=1S/C17H17NO4/c1-12-7-9-13(10-8-12)18-15-6-4-3-5-14(15)17(20)22-11-16(19)21-2/h3-10,18H,11H2,1-2H3. The van der Waals surface area contributed by atoms with Gasteiger partial charge in [0, 0.05) is 5.69 Å². The molecule has 22 heavy (non-hydrogen) atoms. The number of benzene rings is 2. The van der Waals surface area contributed by atoms with Gasteiger partial charge in [-0.25, -0.2) is 9.59 Å². The molecule has 0 bridgehead atoms. The lowest BCUT2D eigenvalue weighted by molar-refractivity contribution is -0.144. The predicted molar refractivity (Wildman–Crippen MR) is 83.2 cm³/mol. The van der Waals surface area contributed by atoms with Gasteiger partial charge in [-0.05, 0) is 31.2 Å². The van der Waals surface area contributed by atoms with E-state index in [0.29, 0.717) is 11.3 Å². The molecule has 0 heterocycles. The highest BCUT2D eigenvalue weighted by Crippen LogP contribution is 2.21. The maximum absolute atomic E-state index is 12.1. The third-order valence-electron chi connectivity index (χ3n) is 3.03. The minimum atomic E-state index is -0.600. The molecule has 2 aromatic carbocycles. The lowest BCUT2D eigenvalue weighted by atomic mass is 10.1. The number of para-hydroxylation sites is 1. The molecule has 0 atom stereocenters. The Morgan fingerprint density at radius 1 is 1.05 bits per heavy atom. The number of hydrogen-bond donors (Lipinski definition) is 1. The van der Waals surface area contributed by atoms with Gasteiger partial charge in [-0.15, -0.1) is 0 Å². The van der Waals surface area contributed by atoms with Crippen molar-refractivity contribution in [1.82, 2.24) is 0 Å². The highest BCUT2D eigenvalue weighted by Gasteiger charge is 2.14. The van der Waals surface area contributed by atoms with E-state index >= 15 is 0 Å². The normalized spacial score (nSPS) is 9.91. The number of nitrogens with one attached hydrogen (secondary N) is 1. The zero-order chi connectivity index (χ0) is 15.9. The summed E-state index contributed by atoms with van der Waals surface area (Å²) < 4.78 is 9.37. The molecule has 5 heteroatoms. The van der Waals surface area contributed by atoms with E-state index in [2.05, 4.69) is 10.1 Å². The van der Waals surface area contributed by atoms with Gasteiger partial charge in [-0.1, -0.05) is 29.8 Å². The summed E-state index contributed by atoms with van der Waals surface area (Å²) in [7, 11) is 1.24. The summed E-state index contributed by atoms with van der Waals surface area (Å²) in [6.07, 6.45) is 0. The van der Waals surface area contributed by atoms with Crippen LogP contribution in [0.15, 0.2) is 48.5 Å². The fraction of sp³-hybridized carbons (Fsp3) is 0.176. The molecule has 2 aromatic rings. The van der Waals surface area contributed by atoms with Crippen molar-refractivity contribution >= 4 is 23.3 Å². The molecule has 0 radical (unpaired) electrons. The molecule has 0 saturated carbocycles. The van der Waals surface area contributed by atoms with Crippen molar-refractivity contribution in [2.45, 2.75) is 6.92 Å². The van der Waals surface area contributed by atoms with Crippen LogP contribution in [0.2, 0.25) is 0 Å². The number of rotatable bonds is 5. The molecule has 0 aliphatic carbocycles. The minimum absolute atomic E-state index is 0.354. The van der Waals surface area contributed by atoms with Crippen LogP contribution in [-0.4, -0.2) is 25.7 Å². The molecular weight excluding hydrogens is 282 g/mol. The third kappa shape index (κ3) is 4.09. The van der Waals surface area contributed by atoms with E-state index in [0.717, 1.165) is 11.3 Å². The van der Waals surface area contributed by atoms with Crippen LogP contribution >= 0.6 is 0 Å². The summed E-state index contributed by atoms with van der Waals surface area (Å²) in [5, 5.41) is 3.17. The Labute approximate surface area is 128 Å². The molecule has 114 valence electrons. The molecule has 0 spiro atoms. The zero-order valence-electron chi connectivity index (χ0n) is 12.5. The predicted octanol–water partition coefficient (Wildman–Crippen LogP) is 3.07. The van der Waals surface area contributed by atoms with Gasteiger partial charge in [0.25, 0.3) is 0 Å². The van der Waals surface area contributed by atoms with Crippen LogP contribution in [-0.2, 0) is 14.3 Å². The summed E-state index contributed by atoms with van der Waals surface area (Å²) in [6, 6.07) is 14.7. The van der Waals surface area contributed by atoms with E-state index in [1.165, 1.54) is 7.11 Å². The van der Waals surface area contributed by atoms with Crippen molar-refractivity contribution in [3.8, 4) is 0 Å². The Morgan fingerprint density at radius 3 is 2.41 bits per heavy atom. The van der Waals surface area contributed by atoms with Crippen molar-refractivity contribution in [2.75, 3.05) is 19.0 Å². The molecular formula is C17H17NO4. The molecule has 2 rings (SSSR count). The maximum Gasteiger partial charge on any atom is 0.344 e. The van der Waals surface area contributed by atoms with Gasteiger partial charge >= 0.3 is 11.9 Å². The Morgan fingerprint density at radius 2 is 1.73 bits per heavy atom. The average Bonchev–Trinajstić information content (AvgIpc) is 2.55. The topological polar surface area (TPSA) is 64.6 Å². The lowest BCUT2D eigenvalue weighted by Crippen LogP contribution is -2.16. The first kappa shape index (κ1) is 15.6. The molecule has 0 fully saturated rings. The molecule has 0 aromatic heterocycles. The first-order valence-electron chi connectivity index (χ1n) is 6.77. The fourth-order valence-corrected chi connectivity index (χ4v) is 1.82. The van der Waals surface area contributed by atoms with Crippen LogP contribution in [0.3, 0.4) is 0 Å². The van der Waals surface area contributed by atoms with E-state index in [-0.39, 0.29) is 0 Å². The smallest absolute Gasteiger partial charge is 0.344 e. The van der Waals surface area contributed by atoms with Crippen molar-refractivity contribution in [3.05, 3.63) is 59.7 Å². The van der Waals surface area contributed by atoms with Crippen LogP contribution in [0.5, 0.6) is 0 Å². The third-order valence-corrected chi connectivity index (χ3v) is 3.03. The Hall–Kier alpha value is -2.82. The second kappa shape index (κ2) is 7.26. The molecule has 0 amide bonds. The SMILES string of the molecule is COC(=O)COC(=O)c1ccccc1Nc1ccc(C)cc1. The van der Waals surface area contributed by atoms with Gasteiger partial charge in [-0.3, -0.25) is 0 Å². The van der Waals surface area contributed by atoms with Crippen molar-refractivity contribution in [3.63, 3.8) is 0 Å². The van der Waals surface area contributed by atoms with E-state index in [1.54, 1.807) is 18.2 Å². The fourth-order valence-electron chi connectivity index (χ4n) is 1.82. The summed E-state index contributed by atoms with van der Waals surface area (Å²) in [5.41, 5.74) is 2.98. The number of ether oxygens (including phenoxy) is 2. The molecule has 0 unspecified atom stereocenters. The Balaban J connectivity index is 2.14. The number of aryl methyl sites for hydroxylation is 1. The van der Waals surface area contributed by atoms with Gasteiger partial charge < -0.3 is 14.8 Å². The second-order valence-electron chi connectivity index (χ2n) is 4.69. The maximum atomic E-state index is 12.1. The van der Waals surface area contributed by atoms with Gasteiger partial charge in [0.05, 0.1) is 18.4 Å². The van der Waals surface area contributed by atoms with Crippen LogP contribution < -0.4 is 5.32 Å². The highest BCUT2D eigenvalue weighted by molar-refractivity contribution is 5.97. The number of anilines is 2. The van der Waals surface area contributed by atoms with E-state index < -0.39 is 18.5 Å². The number of methoxy groups -OCH3 is 1. The monoisotopic (exact) mass is 299 g/mol. The molecule has 0 saturated heterocycles. The summed E-state index contributed by atoms with van der Waals surface area (Å²) in [5.74, 6) is -1.18. The van der Waals surface area contributed by atoms with E-state index in [4.69, 9.17) is 4.74 Å². The van der Waals surface area contributed by atoms with E-state index in [1.807, 2.05) is 37.3 Å². The van der Waals surface area contributed by atoms with Crippen LogP contribution in [0.25, 0.3) is 0 Å². The first-order chi connectivity index (χ1) is 10.6.